The Morgan fingerprint density at radius 2 is 1.69 bits per heavy atom. The predicted molar refractivity (Wildman–Crippen MR) is 87.5 cm³/mol. The molecule has 146 valence electrons. The highest BCUT2D eigenvalue weighted by Gasteiger charge is 2.30. The Morgan fingerprint density at radius 1 is 1.04 bits per heavy atom. The Bertz CT molecular complexity index is 514. The van der Waals surface area contributed by atoms with Crippen LogP contribution >= 0.6 is 0 Å². The van der Waals surface area contributed by atoms with Gasteiger partial charge in [-0.2, -0.15) is 0 Å². The highest BCUT2D eigenvalue weighted by Crippen LogP contribution is 2.13. The van der Waals surface area contributed by atoms with Crippen molar-refractivity contribution in [1.29, 1.82) is 0 Å². The summed E-state index contributed by atoms with van der Waals surface area (Å²) in [5, 5.41) is 54.7. The van der Waals surface area contributed by atoms with Crippen molar-refractivity contribution in [3.63, 3.8) is 0 Å². The minimum Gasteiger partial charge on any atom is -0.454 e. The fraction of sp³-hybridized carbons (Fsp3) is 0.533. The van der Waals surface area contributed by atoms with Crippen LogP contribution in [0.1, 0.15) is 16.8 Å². The average molecular weight is 374 g/mol. The van der Waals surface area contributed by atoms with Crippen molar-refractivity contribution in [2.45, 2.75) is 31.0 Å². The van der Waals surface area contributed by atoms with Gasteiger partial charge < -0.3 is 44.6 Å². The zero-order valence-corrected chi connectivity index (χ0v) is 13.9. The van der Waals surface area contributed by atoms with E-state index in [1.807, 2.05) is 0 Å². The number of aliphatic hydroxyl groups excluding tert-OH is 4. The quantitative estimate of drug-likeness (QED) is 0.132. The molecule has 4 unspecified atom stereocenters. The van der Waals surface area contributed by atoms with Gasteiger partial charge in [0.25, 0.3) is 0 Å². The first-order chi connectivity index (χ1) is 12.4. The molecule has 0 spiro atoms. The summed E-state index contributed by atoms with van der Waals surface area (Å²) in [5.74, 6) is -0.748. The number of hydrogen-bond acceptors (Lipinski definition) is 10. The maximum absolute atomic E-state index is 12.1. The van der Waals surface area contributed by atoms with Crippen LogP contribution in [0.3, 0.4) is 0 Å². The highest BCUT2D eigenvalue weighted by molar-refractivity contribution is 6.32. The number of carbonyl (C=O) groups is 1. The van der Waals surface area contributed by atoms with Gasteiger partial charge in [-0.1, -0.05) is 18.2 Å². The molecule has 11 heteroatoms. The van der Waals surface area contributed by atoms with Gasteiger partial charge in [-0.05, 0) is 18.6 Å². The molecule has 0 aliphatic carbocycles. The van der Waals surface area contributed by atoms with Crippen LogP contribution < -0.4 is 0 Å². The maximum Gasteiger partial charge on any atom is 0.634 e. The van der Waals surface area contributed by atoms with Gasteiger partial charge in [-0.3, -0.25) is 0 Å². The molecule has 0 fully saturated rings. The molecular formula is C15H23BO10. The fourth-order valence-electron chi connectivity index (χ4n) is 2.01. The maximum atomic E-state index is 12.1. The second kappa shape index (κ2) is 11.9. The molecule has 0 bridgehead atoms. The van der Waals surface area contributed by atoms with Crippen LogP contribution in [-0.4, -0.2) is 88.2 Å². The molecule has 1 rings (SSSR count). The molecule has 0 aliphatic rings. The molecule has 1 aromatic rings. The molecular weight excluding hydrogens is 351 g/mol. The van der Waals surface area contributed by atoms with Crippen LogP contribution in [0, 0.1) is 0 Å². The van der Waals surface area contributed by atoms with E-state index in [2.05, 4.69) is 0 Å². The number of carbonyl (C=O) groups excluding carboxylic acids is 1. The fourth-order valence-corrected chi connectivity index (χ4v) is 2.01. The molecule has 0 aromatic heterocycles. The van der Waals surface area contributed by atoms with Crippen molar-refractivity contribution in [2.75, 3.05) is 19.8 Å². The first-order valence-corrected chi connectivity index (χ1v) is 7.86. The van der Waals surface area contributed by atoms with Crippen molar-refractivity contribution in [3.8, 4) is 0 Å². The zero-order valence-electron chi connectivity index (χ0n) is 13.9. The molecule has 0 saturated carbocycles. The second-order valence-electron chi connectivity index (χ2n) is 5.29. The predicted octanol–water partition coefficient (Wildman–Crippen LogP) is -2.36. The molecule has 6 N–H and O–H groups in total. The summed E-state index contributed by atoms with van der Waals surface area (Å²) in [6.45, 7) is -1.64. The third kappa shape index (κ3) is 7.76. The first kappa shape index (κ1) is 22.5. The largest absolute Gasteiger partial charge is 0.634 e. The molecule has 0 saturated heterocycles. The Kier molecular flexibility index (Phi) is 10.3. The van der Waals surface area contributed by atoms with Crippen molar-refractivity contribution in [1.82, 2.24) is 0 Å². The smallest absolute Gasteiger partial charge is 0.454 e. The summed E-state index contributed by atoms with van der Waals surface area (Å²) < 4.78 is 14.8. The summed E-state index contributed by atoms with van der Waals surface area (Å²) in [6, 6.07) is 7.96. The summed E-state index contributed by atoms with van der Waals surface area (Å²) in [5.41, 5.74) is 0.229. The van der Waals surface area contributed by atoms with E-state index in [0.717, 1.165) is 0 Å². The Hall–Kier alpha value is -1.57. The third-order valence-electron chi connectivity index (χ3n) is 3.37. The molecule has 0 amide bonds. The van der Waals surface area contributed by atoms with Gasteiger partial charge in [-0.25, -0.2) is 4.79 Å². The van der Waals surface area contributed by atoms with Gasteiger partial charge in [0.1, 0.15) is 12.2 Å². The van der Waals surface area contributed by atoms with Crippen LogP contribution in [0.4, 0.5) is 0 Å². The minimum absolute atomic E-state index is 0.125. The topological polar surface area (TPSA) is 166 Å². The van der Waals surface area contributed by atoms with Gasteiger partial charge in [0.05, 0.1) is 31.5 Å². The lowest BCUT2D eigenvalue weighted by Crippen LogP contribution is -2.41. The third-order valence-corrected chi connectivity index (χ3v) is 3.37. The van der Waals surface area contributed by atoms with Crippen molar-refractivity contribution in [2.24, 2.45) is 0 Å². The molecule has 10 nitrogen and oxygen atoms in total. The lowest BCUT2D eigenvalue weighted by molar-refractivity contribution is -0.175. The van der Waals surface area contributed by atoms with Gasteiger partial charge in [0.15, 0.2) is 6.29 Å². The molecule has 0 aliphatic heterocycles. The van der Waals surface area contributed by atoms with E-state index in [1.165, 1.54) is 12.1 Å². The molecule has 0 heterocycles. The summed E-state index contributed by atoms with van der Waals surface area (Å²) in [6.07, 6.45) is -5.72. The number of hydrogen-bond donors (Lipinski definition) is 6. The first-order valence-electron chi connectivity index (χ1n) is 7.86. The van der Waals surface area contributed by atoms with Gasteiger partial charge in [-0.15, -0.1) is 0 Å². The van der Waals surface area contributed by atoms with Gasteiger partial charge in [0, 0.05) is 0 Å². The van der Waals surface area contributed by atoms with E-state index in [-0.39, 0.29) is 18.6 Å². The Balaban J connectivity index is 2.67. The average Bonchev–Trinajstić information content (AvgIpc) is 2.64. The number of rotatable bonds is 12. The molecule has 1 aromatic carbocycles. The van der Waals surface area contributed by atoms with E-state index < -0.39 is 51.1 Å². The summed E-state index contributed by atoms with van der Waals surface area (Å²) >= 11 is 0. The van der Waals surface area contributed by atoms with Crippen LogP contribution in [0.5, 0.6) is 0 Å². The standard InChI is InChI=1S/C15H23BO10/c17-8-11(19)15(21)24-7-6-12(26-16(22)23)13(9-18)25-14(20)10-4-2-1-3-5-10/h1-5,11-13,15,17-19,21-23H,6-9H2. The van der Waals surface area contributed by atoms with Gasteiger partial charge in [0.2, 0.25) is 0 Å². The van der Waals surface area contributed by atoms with Crippen molar-refractivity contribution < 1.29 is 49.4 Å². The lowest BCUT2D eigenvalue weighted by Gasteiger charge is -2.26. The van der Waals surface area contributed by atoms with Crippen LogP contribution in [-0.2, 0) is 14.1 Å². The lowest BCUT2D eigenvalue weighted by atomic mass is 10.1. The van der Waals surface area contributed by atoms with Crippen molar-refractivity contribution >= 4 is 13.3 Å². The highest BCUT2D eigenvalue weighted by atomic mass is 16.6. The number of benzene rings is 1. The Morgan fingerprint density at radius 3 is 2.23 bits per heavy atom. The van der Waals surface area contributed by atoms with E-state index in [0.29, 0.717) is 0 Å². The second-order valence-corrected chi connectivity index (χ2v) is 5.29. The van der Waals surface area contributed by atoms with E-state index in [1.54, 1.807) is 18.2 Å². The van der Waals surface area contributed by atoms with Crippen LogP contribution in [0.15, 0.2) is 30.3 Å². The molecule has 4 atom stereocenters. The number of aliphatic hydroxyl groups is 4. The molecule has 0 radical (unpaired) electrons. The van der Waals surface area contributed by atoms with Crippen LogP contribution in [0.2, 0.25) is 0 Å². The normalized spacial score (nSPS) is 15.8. The van der Waals surface area contributed by atoms with E-state index in [4.69, 9.17) is 29.3 Å². The van der Waals surface area contributed by atoms with Crippen molar-refractivity contribution in [3.05, 3.63) is 35.9 Å². The number of esters is 1. The minimum atomic E-state index is -2.20. The summed E-state index contributed by atoms with van der Waals surface area (Å²) in [7, 11) is -2.20. The number of ether oxygens (including phenoxy) is 2. The summed E-state index contributed by atoms with van der Waals surface area (Å²) in [4.78, 5) is 12.1. The Labute approximate surface area is 150 Å². The van der Waals surface area contributed by atoms with Crippen LogP contribution in [0.25, 0.3) is 0 Å². The zero-order chi connectivity index (χ0) is 19.5. The van der Waals surface area contributed by atoms with Gasteiger partial charge >= 0.3 is 13.3 Å². The molecule has 26 heavy (non-hydrogen) atoms. The van der Waals surface area contributed by atoms with E-state index in [9.17, 15) is 20.1 Å². The SMILES string of the molecule is O=C(OC(CO)C(CCOC(O)C(O)CO)OB(O)O)c1ccccc1. The monoisotopic (exact) mass is 374 g/mol. The van der Waals surface area contributed by atoms with E-state index >= 15 is 0 Å².